The molecule has 1 rings (SSSR count). The molecule has 0 saturated carbocycles. The van der Waals surface area contributed by atoms with Crippen molar-refractivity contribution in [2.45, 2.75) is 26.3 Å². The number of carbonyl (C=O) groups excluding carboxylic acids is 1. The highest BCUT2D eigenvalue weighted by atomic mass is 16.2. The number of carbonyl (C=O) groups is 1. The minimum atomic E-state index is 0.143. The van der Waals surface area contributed by atoms with Gasteiger partial charge in [0, 0.05) is 32.1 Å². The maximum absolute atomic E-state index is 11.8. The first-order valence-corrected chi connectivity index (χ1v) is 5.31. The van der Waals surface area contributed by atoms with Crippen molar-refractivity contribution in [3.05, 3.63) is 0 Å². The molecule has 2 N–H and O–H groups in total. The van der Waals surface area contributed by atoms with Crippen molar-refractivity contribution in [2.75, 3.05) is 26.7 Å². The molecular formula is C10H21N3O. The van der Waals surface area contributed by atoms with Gasteiger partial charge in [0.25, 0.3) is 0 Å². The predicted molar refractivity (Wildman–Crippen MR) is 57.0 cm³/mol. The Morgan fingerprint density at radius 3 is 2.71 bits per heavy atom. The first kappa shape index (κ1) is 11.3. The summed E-state index contributed by atoms with van der Waals surface area (Å²) in [6.07, 6.45) is 0.997. The maximum Gasteiger partial charge on any atom is 0.320 e. The van der Waals surface area contributed by atoms with Crippen LogP contribution in [0.2, 0.25) is 0 Å². The van der Waals surface area contributed by atoms with Gasteiger partial charge in [-0.2, -0.15) is 0 Å². The highest BCUT2D eigenvalue weighted by Gasteiger charge is 2.30. The molecule has 0 aromatic rings. The molecular weight excluding hydrogens is 178 g/mol. The summed E-state index contributed by atoms with van der Waals surface area (Å²) in [5.74, 6) is 0.423. The molecule has 2 amide bonds. The molecule has 1 aliphatic rings. The van der Waals surface area contributed by atoms with Gasteiger partial charge in [-0.3, -0.25) is 0 Å². The molecule has 0 spiro atoms. The summed E-state index contributed by atoms with van der Waals surface area (Å²) in [6, 6.07) is 0.461. The number of hydrogen-bond acceptors (Lipinski definition) is 2. The van der Waals surface area contributed by atoms with Crippen molar-refractivity contribution in [1.82, 2.24) is 9.80 Å². The zero-order chi connectivity index (χ0) is 10.7. The van der Waals surface area contributed by atoms with Gasteiger partial charge in [0.15, 0.2) is 0 Å². The van der Waals surface area contributed by atoms with E-state index in [0.29, 0.717) is 18.5 Å². The topological polar surface area (TPSA) is 49.6 Å². The lowest BCUT2D eigenvalue weighted by atomic mass is 10.0. The Bertz CT molecular complexity index is 208. The fraction of sp³-hybridized carbons (Fsp3) is 0.900. The lowest BCUT2D eigenvalue weighted by Crippen LogP contribution is -2.56. The van der Waals surface area contributed by atoms with Crippen LogP contribution in [0.3, 0.4) is 0 Å². The smallest absolute Gasteiger partial charge is 0.320 e. The van der Waals surface area contributed by atoms with Crippen molar-refractivity contribution in [1.29, 1.82) is 0 Å². The van der Waals surface area contributed by atoms with E-state index < -0.39 is 0 Å². The molecule has 4 heteroatoms. The summed E-state index contributed by atoms with van der Waals surface area (Å²) in [7, 11) is 1.85. The second-order valence-electron chi connectivity index (χ2n) is 4.17. The second-order valence-corrected chi connectivity index (χ2v) is 4.17. The molecule has 0 aromatic carbocycles. The largest absolute Gasteiger partial charge is 0.330 e. The van der Waals surface area contributed by atoms with Gasteiger partial charge in [0.1, 0.15) is 0 Å². The summed E-state index contributed by atoms with van der Waals surface area (Å²) in [4.78, 5) is 15.5. The molecule has 1 fully saturated rings. The quantitative estimate of drug-likeness (QED) is 0.728. The number of hydrogen-bond donors (Lipinski definition) is 1. The first-order chi connectivity index (χ1) is 6.60. The van der Waals surface area contributed by atoms with E-state index in [0.717, 1.165) is 19.5 Å². The molecule has 2 atom stereocenters. The van der Waals surface area contributed by atoms with Crippen molar-refractivity contribution < 1.29 is 4.79 Å². The summed E-state index contributed by atoms with van der Waals surface area (Å²) in [5, 5.41) is 0. The van der Waals surface area contributed by atoms with E-state index in [9.17, 15) is 4.79 Å². The van der Waals surface area contributed by atoms with E-state index in [-0.39, 0.29) is 6.03 Å². The van der Waals surface area contributed by atoms with Gasteiger partial charge in [-0.1, -0.05) is 6.92 Å². The van der Waals surface area contributed by atoms with Gasteiger partial charge in [0.2, 0.25) is 0 Å². The van der Waals surface area contributed by atoms with Gasteiger partial charge >= 0.3 is 6.03 Å². The van der Waals surface area contributed by atoms with Crippen LogP contribution >= 0.6 is 0 Å². The Hall–Kier alpha value is -0.770. The first-order valence-electron chi connectivity index (χ1n) is 5.31. The predicted octanol–water partition coefficient (Wildman–Crippen LogP) is 0.727. The summed E-state index contributed by atoms with van der Waals surface area (Å²) in [6.45, 7) is 6.45. The van der Waals surface area contributed by atoms with E-state index in [1.807, 2.05) is 11.9 Å². The Morgan fingerprint density at radius 2 is 2.21 bits per heavy atom. The van der Waals surface area contributed by atoms with Crippen LogP contribution in [0.4, 0.5) is 4.79 Å². The summed E-state index contributed by atoms with van der Waals surface area (Å²) < 4.78 is 0. The van der Waals surface area contributed by atoms with Crippen LogP contribution in [-0.4, -0.2) is 48.6 Å². The molecule has 2 unspecified atom stereocenters. The average Bonchev–Trinajstić information content (AvgIpc) is 2.20. The molecule has 0 aliphatic carbocycles. The van der Waals surface area contributed by atoms with E-state index in [1.165, 1.54) is 0 Å². The fourth-order valence-electron chi connectivity index (χ4n) is 1.84. The van der Waals surface area contributed by atoms with E-state index in [1.54, 1.807) is 4.90 Å². The van der Waals surface area contributed by atoms with Crippen LogP contribution in [0.1, 0.15) is 20.3 Å². The summed E-state index contributed by atoms with van der Waals surface area (Å²) in [5.41, 5.74) is 5.65. The minimum absolute atomic E-state index is 0.143. The fourth-order valence-corrected chi connectivity index (χ4v) is 1.84. The van der Waals surface area contributed by atoms with E-state index in [4.69, 9.17) is 5.73 Å². The highest BCUT2D eigenvalue weighted by Crippen LogP contribution is 2.16. The SMILES string of the molecule is CCC(C)N1CC(CN)CN(C)C1=O. The van der Waals surface area contributed by atoms with Crippen molar-refractivity contribution >= 4 is 6.03 Å². The van der Waals surface area contributed by atoms with Gasteiger partial charge in [-0.05, 0) is 19.9 Å². The monoisotopic (exact) mass is 199 g/mol. The third-order valence-corrected chi connectivity index (χ3v) is 3.02. The van der Waals surface area contributed by atoms with E-state index in [2.05, 4.69) is 13.8 Å². The zero-order valence-corrected chi connectivity index (χ0v) is 9.36. The van der Waals surface area contributed by atoms with Crippen LogP contribution in [0.25, 0.3) is 0 Å². The Morgan fingerprint density at radius 1 is 1.57 bits per heavy atom. The third kappa shape index (κ3) is 2.18. The van der Waals surface area contributed by atoms with E-state index >= 15 is 0 Å². The van der Waals surface area contributed by atoms with Gasteiger partial charge in [-0.25, -0.2) is 4.79 Å². The number of rotatable bonds is 3. The Kier molecular flexibility index (Phi) is 3.75. The third-order valence-electron chi connectivity index (χ3n) is 3.02. The number of nitrogens with zero attached hydrogens (tertiary/aromatic N) is 2. The van der Waals surface area contributed by atoms with Crippen molar-refractivity contribution in [3.63, 3.8) is 0 Å². The van der Waals surface area contributed by atoms with Crippen molar-refractivity contribution in [2.24, 2.45) is 11.7 Å². The number of amides is 2. The second kappa shape index (κ2) is 4.64. The standard InChI is InChI=1S/C10H21N3O/c1-4-8(2)13-7-9(5-11)6-12(3)10(13)14/h8-9H,4-7,11H2,1-3H3. The minimum Gasteiger partial charge on any atom is -0.330 e. The van der Waals surface area contributed by atoms with Gasteiger partial charge < -0.3 is 15.5 Å². The Balaban J connectivity index is 2.67. The normalized spacial score (nSPS) is 25.4. The molecule has 1 saturated heterocycles. The molecule has 0 bridgehead atoms. The molecule has 14 heavy (non-hydrogen) atoms. The molecule has 82 valence electrons. The van der Waals surface area contributed by atoms with Crippen LogP contribution in [-0.2, 0) is 0 Å². The van der Waals surface area contributed by atoms with Crippen LogP contribution in [0, 0.1) is 5.92 Å². The summed E-state index contributed by atoms with van der Waals surface area (Å²) >= 11 is 0. The van der Waals surface area contributed by atoms with Crippen LogP contribution in [0.5, 0.6) is 0 Å². The molecule has 0 aromatic heterocycles. The van der Waals surface area contributed by atoms with Crippen LogP contribution < -0.4 is 5.73 Å². The zero-order valence-electron chi connectivity index (χ0n) is 9.36. The number of nitrogens with two attached hydrogens (primary N) is 1. The lowest BCUT2D eigenvalue weighted by Gasteiger charge is -2.40. The van der Waals surface area contributed by atoms with Gasteiger partial charge in [0.05, 0.1) is 0 Å². The number of urea groups is 1. The lowest BCUT2D eigenvalue weighted by molar-refractivity contribution is 0.0972. The highest BCUT2D eigenvalue weighted by molar-refractivity contribution is 5.75. The molecule has 0 radical (unpaired) electrons. The molecule has 1 aliphatic heterocycles. The van der Waals surface area contributed by atoms with Crippen LogP contribution in [0.15, 0.2) is 0 Å². The average molecular weight is 199 g/mol. The molecule has 4 nitrogen and oxygen atoms in total. The van der Waals surface area contributed by atoms with Gasteiger partial charge in [-0.15, -0.1) is 0 Å². The Labute approximate surface area is 86.0 Å². The van der Waals surface area contributed by atoms with Crippen molar-refractivity contribution in [3.8, 4) is 0 Å². The maximum atomic E-state index is 11.8. The molecule has 1 heterocycles.